The van der Waals surface area contributed by atoms with E-state index in [-0.39, 0.29) is 5.60 Å². The molecule has 0 aromatic heterocycles. The smallest absolute Gasteiger partial charge is 0.120 e. The van der Waals surface area contributed by atoms with E-state index in [1.54, 1.807) is 0 Å². The van der Waals surface area contributed by atoms with Crippen LogP contribution in [0.4, 0.5) is 5.69 Å². The molecule has 0 N–H and O–H groups in total. The van der Waals surface area contributed by atoms with E-state index in [1.165, 1.54) is 12.8 Å². The van der Waals surface area contributed by atoms with Gasteiger partial charge in [-0.15, -0.1) is 0 Å². The highest BCUT2D eigenvalue weighted by Crippen LogP contribution is 2.28. The van der Waals surface area contributed by atoms with E-state index in [9.17, 15) is 0 Å². The monoisotopic (exact) mass is 363 g/mol. The van der Waals surface area contributed by atoms with Crippen LogP contribution in [0.15, 0.2) is 59.6 Å². The highest BCUT2D eigenvalue weighted by molar-refractivity contribution is 5.91. The lowest BCUT2D eigenvalue weighted by molar-refractivity contribution is 0.0724. The first kappa shape index (κ1) is 21.0. The van der Waals surface area contributed by atoms with Crippen molar-refractivity contribution in [2.24, 2.45) is 10.9 Å². The van der Waals surface area contributed by atoms with Gasteiger partial charge in [0.25, 0.3) is 0 Å². The molecule has 2 nitrogen and oxygen atoms in total. The Kier molecular flexibility index (Phi) is 7.88. The van der Waals surface area contributed by atoms with Crippen LogP contribution in [0.25, 0.3) is 5.57 Å². The number of nitrogens with zero attached hydrogens (tertiary/aromatic N) is 1. The Morgan fingerprint density at radius 1 is 1.04 bits per heavy atom. The van der Waals surface area contributed by atoms with Gasteiger partial charge in [-0.05, 0) is 67.8 Å². The molecule has 0 aliphatic rings. The number of rotatable bonds is 9. The first-order chi connectivity index (χ1) is 13.0. The summed E-state index contributed by atoms with van der Waals surface area (Å²) in [4.78, 5) is 4.51. The number of aliphatic imine (C=N–C) groups is 1. The van der Waals surface area contributed by atoms with Crippen LogP contribution in [0, 0.1) is 5.92 Å². The molecule has 2 aromatic carbocycles. The molecule has 0 bridgehead atoms. The number of hydrogen-bond donors (Lipinski definition) is 0. The lowest BCUT2D eigenvalue weighted by atomic mass is 9.95. The number of ether oxygens (including phenoxy) is 1. The summed E-state index contributed by atoms with van der Waals surface area (Å²) in [5.41, 5.74) is 3.08. The van der Waals surface area contributed by atoms with Crippen LogP contribution < -0.4 is 4.74 Å². The Morgan fingerprint density at radius 3 is 2.26 bits per heavy atom. The molecule has 1 unspecified atom stereocenters. The molecule has 0 radical (unpaired) electrons. The predicted molar refractivity (Wildman–Crippen MR) is 117 cm³/mol. The van der Waals surface area contributed by atoms with Crippen molar-refractivity contribution in [3.63, 3.8) is 0 Å². The Bertz CT molecular complexity index is 755. The molecular weight excluding hydrogens is 330 g/mol. The van der Waals surface area contributed by atoms with E-state index in [0.717, 1.165) is 35.4 Å². The zero-order valence-electron chi connectivity index (χ0n) is 17.5. The zero-order chi connectivity index (χ0) is 19.7. The third-order valence-corrected chi connectivity index (χ3v) is 4.98. The zero-order valence-corrected chi connectivity index (χ0v) is 17.5. The van der Waals surface area contributed by atoms with Crippen molar-refractivity contribution in [3.05, 3.63) is 60.2 Å². The normalized spacial score (nSPS) is 13.0. The minimum atomic E-state index is -0.0942. The molecule has 0 heterocycles. The number of para-hydroxylation sites is 1. The quantitative estimate of drug-likeness (QED) is 0.423. The molecule has 1 atom stereocenters. The van der Waals surface area contributed by atoms with Crippen molar-refractivity contribution in [1.29, 1.82) is 0 Å². The number of hydrogen-bond acceptors (Lipinski definition) is 2. The Balaban J connectivity index is 2.22. The third kappa shape index (κ3) is 6.41. The summed E-state index contributed by atoms with van der Waals surface area (Å²) in [5.74, 6) is 4.53. The Labute approximate surface area is 165 Å². The summed E-state index contributed by atoms with van der Waals surface area (Å²) in [6.45, 7) is 11.0. The molecule has 27 heavy (non-hydrogen) atoms. The van der Waals surface area contributed by atoms with Gasteiger partial charge in [-0.1, -0.05) is 64.4 Å². The van der Waals surface area contributed by atoms with Crippen molar-refractivity contribution in [3.8, 4) is 5.75 Å². The van der Waals surface area contributed by atoms with Crippen molar-refractivity contribution in [2.75, 3.05) is 0 Å². The Morgan fingerprint density at radius 2 is 1.70 bits per heavy atom. The van der Waals surface area contributed by atoms with Crippen molar-refractivity contribution < 1.29 is 4.74 Å². The minimum Gasteiger partial charge on any atom is -0.488 e. The summed E-state index contributed by atoms with van der Waals surface area (Å²) in [5, 5.41) is 0. The fourth-order valence-electron chi connectivity index (χ4n) is 2.99. The largest absolute Gasteiger partial charge is 0.488 e. The number of unbranched alkanes of at least 4 members (excludes halogenated alkanes) is 1. The molecule has 2 heteroatoms. The maximum atomic E-state index is 6.32. The van der Waals surface area contributed by atoms with Gasteiger partial charge < -0.3 is 4.74 Å². The summed E-state index contributed by atoms with van der Waals surface area (Å²) in [6.07, 6.45) is 4.48. The van der Waals surface area contributed by atoms with Crippen molar-refractivity contribution in [1.82, 2.24) is 0 Å². The summed E-state index contributed by atoms with van der Waals surface area (Å²) < 4.78 is 6.32. The predicted octanol–water partition coefficient (Wildman–Crippen LogP) is 7.47. The lowest BCUT2D eigenvalue weighted by Gasteiger charge is -2.30. The van der Waals surface area contributed by atoms with Crippen LogP contribution in [0.1, 0.15) is 65.9 Å². The third-order valence-electron chi connectivity index (χ3n) is 4.98. The highest BCUT2D eigenvalue weighted by atomic mass is 16.5. The van der Waals surface area contributed by atoms with Crippen LogP contribution in [-0.2, 0) is 0 Å². The maximum Gasteiger partial charge on any atom is 0.120 e. The molecule has 0 spiro atoms. The van der Waals surface area contributed by atoms with Gasteiger partial charge in [0.15, 0.2) is 0 Å². The van der Waals surface area contributed by atoms with E-state index >= 15 is 0 Å². The first-order valence-corrected chi connectivity index (χ1v) is 10.2. The Hall–Kier alpha value is -2.31. The minimum absolute atomic E-state index is 0.0942. The first-order valence-electron chi connectivity index (χ1n) is 10.2. The van der Waals surface area contributed by atoms with Crippen LogP contribution in [0.5, 0.6) is 5.75 Å². The average Bonchev–Trinajstić information content (AvgIpc) is 2.68. The molecule has 2 rings (SSSR count). The fourth-order valence-corrected chi connectivity index (χ4v) is 2.99. The van der Waals surface area contributed by atoms with Gasteiger partial charge in [0, 0.05) is 5.57 Å². The molecule has 0 amide bonds. The van der Waals surface area contributed by atoms with Gasteiger partial charge >= 0.3 is 0 Å². The van der Waals surface area contributed by atoms with E-state index in [4.69, 9.17) is 4.74 Å². The molecule has 0 fully saturated rings. The second kappa shape index (κ2) is 10.1. The fraction of sp³-hybridized carbons (Fsp3) is 0.440. The lowest BCUT2D eigenvalue weighted by Crippen LogP contribution is -2.31. The van der Waals surface area contributed by atoms with E-state index < -0.39 is 0 Å². The SMILES string of the molecule is CCCCC(C)(CC)Oc1ccc(C(=C=Nc2ccccc2)C(C)C)cc1. The average molecular weight is 364 g/mol. The van der Waals surface area contributed by atoms with Gasteiger partial charge in [0.1, 0.15) is 11.4 Å². The van der Waals surface area contributed by atoms with Crippen LogP contribution in [0.2, 0.25) is 0 Å². The van der Waals surface area contributed by atoms with Crippen LogP contribution in [-0.4, -0.2) is 11.5 Å². The van der Waals surface area contributed by atoms with Crippen molar-refractivity contribution >= 4 is 17.1 Å². The molecule has 0 saturated heterocycles. The van der Waals surface area contributed by atoms with E-state index in [0.29, 0.717) is 5.92 Å². The van der Waals surface area contributed by atoms with Crippen molar-refractivity contribution in [2.45, 2.75) is 65.9 Å². The summed E-state index contributed by atoms with van der Waals surface area (Å²) in [7, 11) is 0. The van der Waals surface area contributed by atoms with Gasteiger partial charge in [-0.25, -0.2) is 4.99 Å². The second-order valence-corrected chi connectivity index (χ2v) is 7.66. The molecular formula is C25H33NO. The van der Waals surface area contributed by atoms with E-state index in [1.807, 2.05) is 30.3 Å². The molecule has 144 valence electrons. The molecule has 2 aromatic rings. The highest BCUT2D eigenvalue weighted by Gasteiger charge is 2.23. The molecule has 0 aliphatic carbocycles. The van der Waals surface area contributed by atoms with Gasteiger partial charge in [-0.3, -0.25) is 0 Å². The molecule has 0 saturated carbocycles. The number of allylic oxidation sites excluding steroid dienone is 1. The van der Waals surface area contributed by atoms with Crippen LogP contribution in [0.3, 0.4) is 0 Å². The van der Waals surface area contributed by atoms with Gasteiger partial charge in [-0.2, -0.15) is 0 Å². The summed E-state index contributed by atoms with van der Waals surface area (Å²) >= 11 is 0. The topological polar surface area (TPSA) is 21.6 Å². The van der Waals surface area contributed by atoms with E-state index in [2.05, 4.69) is 69.7 Å². The summed E-state index contributed by atoms with van der Waals surface area (Å²) in [6, 6.07) is 18.3. The second-order valence-electron chi connectivity index (χ2n) is 7.66. The van der Waals surface area contributed by atoms with Gasteiger partial charge in [0.05, 0.1) is 5.69 Å². The number of benzene rings is 2. The van der Waals surface area contributed by atoms with Crippen LogP contribution >= 0.6 is 0 Å². The van der Waals surface area contributed by atoms with Gasteiger partial charge in [0.2, 0.25) is 0 Å². The molecule has 0 aliphatic heterocycles. The maximum absolute atomic E-state index is 6.32. The standard InChI is InChI=1S/C25H33NO/c1-6-8-18-25(5,7-2)27-23-16-14-21(15-17-23)24(20(3)4)19-26-22-12-10-9-11-13-22/h9-17,20H,6-8,18H2,1-5H3.